The Morgan fingerprint density at radius 3 is 2.80 bits per heavy atom. The zero-order valence-corrected chi connectivity index (χ0v) is 13.6. The van der Waals surface area contributed by atoms with Gasteiger partial charge in [-0.25, -0.2) is 4.98 Å². The van der Waals surface area contributed by atoms with Crippen LogP contribution < -0.4 is 10.6 Å². The third kappa shape index (κ3) is 3.00. The van der Waals surface area contributed by atoms with Crippen LogP contribution >= 0.6 is 23.7 Å². The first kappa shape index (κ1) is 15.7. The van der Waals surface area contributed by atoms with Crippen molar-refractivity contribution >= 4 is 34.8 Å². The van der Waals surface area contributed by atoms with E-state index in [4.69, 9.17) is 0 Å². The Bertz CT molecular complexity index is 483. The van der Waals surface area contributed by atoms with E-state index >= 15 is 0 Å². The second-order valence-electron chi connectivity index (χ2n) is 6.08. The van der Waals surface area contributed by atoms with E-state index in [1.54, 1.807) is 11.3 Å². The van der Waals surface area contributed by atoms with E-state index < -0.39 is 0 Å². The fraction of sp³-hybridized carbons (Fsp3) is 0.714. The molecule has 1 atom stereocenters. The Morgan fingerprint density at radius 2 is 2.20 bits per heavy atom. The molecule has 1 saturated heterocycles. The fourth-order valence-corrected chi connectivity index (χ4v) is 3.82. The van der Waals surface area contributed by atoms with Crippen LogP contribution in [0.1, 0.15) is 43.9 Å². The molecule has 2 aliphatic rings. The lowest BCUT2D eigenvalue weighted by Crippen LogP contribution is -2.31. The predicted octanol–water partition coefficient (Wildman–Crippen LogP) is 3.02. The van der Waals surface area contributed by atoms with Crippen molar-refractivity contribution in [3.63, 3.8) is 0 Å². The Labute approximate surface area is 130 Å². The van der Waals surface area contributed by atoms with Crippen molar-refractivity contribution in [1.29, 1.82) is 0 Å². The number of amides is 1. The topological polar surface area (TPSA) is 54.0 Å². The quantitative estimate of drug-likeness (QED) is 0.901. The smallest absolute Gasteiger partial charge is 0.229 e. The van der Waals surface area contributed by atoms with Crippen molar-refractivity contribution in [1.82, 2.24) is 10.3 Å². The minimum absolute atomic E-state index is 0. The second-order valence-corrected chi connectivity index (χ2v) is 7.14. The lowest BCUT2D eigenvalue weighted by Gasteiger charge is -2.22. The first-order chi connectivity index (χ1) is 9.11. The third-order valence-corrected chi connectivity index (χ3v) is 5.64. The monoisotopic (exact) mass is 315 g/mol. The minimum atomic E-state index is 0. The van der Waals surface area contributed by atoms with Gasteiger partial charge in [-0.3, -0.25) is 4.79 Å². The summed E-state index contributed by atoms with van der Waals surface area (Å²) in [6.07, 6.45) is 5.21. The molecule has 6 heteroatoms. The molecule has 1 unspecified atom stereocenters. The van der Waals surface area contributed by atoms with Crippen LogP contribution in [0.5, 0.6) is 0 Å². The van der Waals surface area contributed by atoms with Crippen LogP contribution in [-0.4, -0.2) is 24.0 Å². The number of carbonyl (C=O) groups excluding carboxylic acids is 1. The molecule has 2 fully saturated rings. The molecular weight excluding hydrogens is 294 g/mol. The molecule has 1 aromatic rings. The number of halogens is 1. The highest BCUT2D eigenvalue weighted by molar-refractivity contribution is 7.15. The van der Waals surface area contributed by atoms with E-state index in [0.29, 0.717) is 11.3 Å². The molecule has 0 radical (unpaired) electrons. The van der Waals surface area contributed by atoms with Gasteiger partial charge in [0.15, 0.2) is 5.13 Å². The lowest BCUT2D eigenvalue weighted by atomic mass is 9.92. The largest absolute Gasteiger partial charge is 0.317 e. The van der Waals surface area contributed by atoms with Crippen molar-refractivity contribution < 1.29 is 4.79 Å². The standard InChI is InChI=1S/C14H21N3OS.ClH/c1-9(2)11-8-16-13(19-11)17-12(18)10-7-14(10)3-5-15-6-4-14;/h8-10,15H,3-7H2,1-2H3,(H,16,17,18);1H. The third-order valence-electron chi connectivity index (χ3n) is 4.43. The first-order valence-electron chi connectivity index (χ1n) is 7.08. The molecule has 3 rings (SSSR count). The van der Waals surface area contributed by atoms with Gasteiger partial charge in [-0.05, 0) is 43.7 Å². The van der Waals surface area contributed by atoms with Crippen LogP contribution in [0.2, 0.25) is 0 Å². The van der Waals surface area contributed by atoms with Gasteiger partial charge in [0.1, 0.15) is 0 Å². The Kier molecular flexibility index (Phi) is 4.72. The highest BCUT2D eigenvalue weighted by atomic mass is 35.5. The number of nitrogens with zero attached hydrogens (tertiary/aromatic N) is 1. The molecule has 1 saturated carbocycles. The van der Waals surface area contributed by atoms with Crippen LogP contribution in [0.4, 0.5) is 5.13 Å². The van der Waals surface area contributed by atoms with Gasteiger partial charge < -0.3 is 10.6 Å². The van der Waals surface area contributed by atoms with E-state index in [-0.39, 0.29) is 24.2 Å². The van der Waals surface area contributed by atoms with Gasteiger partial charge in [-0.2, -0.15) is 0 Å². The molecule has 4 nitrogen and oxygen atoms in total. The van der Waals surface area contributed by atoms with Crippen LogP contribution in [-0.2, 0) is 4.79 Å². The maximum absolute atomic E-state index is 12.3. The van der Waals surface area contributed by atoms with Crippen molar-refractivity contribution in [2.45, 2.75) is 39.0 Å². The molecule has 2 heterocycles. The summed E-state index contributed by atoms with van der Waals surface area (Å²) in [6.45, 7) is 6.39. The molecule has 1 aromatic heterocycles. The molecule has 112 valence electrons. The van der Waals surface area contributed by atoms with Gasteiger partial charge in [0.2, 0.25) is 5.91 Å². The molecule has 20 heavy (non-hydrogen) atoms. The van der Waals surface area contributed by atoms with Crippen LogP contribution in [0.3, 0.4) is 0 Å². The Balaban J connectivity index is 0.00000147. The summed E-state index contributed by atoms with van der Waals surface area (Å²) >= 11 is 1.59. The van der Waals surface area contributed by atoms with Gasteiger partial charge in [-0.15, -0.1) is 23.7 Å². The summed E-state index contributed by atoms with van der Waals surface area (Å²) in [4.78, 5) is 17.8. The van der Waals surface area contributed by atoms with Crippen LogP contribution in [0.15, 0.2) is 6.20 Å². The average molecular weight is 316 g/mol. The first-order valence-corrected chi connectivity index (χ1v) is 7.90. The summed E-state index contributed by atoms with van der Waals surface area (Å²) in [5.41, 5.74) is 0.299. The van der Waals surface area contributed by atoms with Gasteiger partial charge in [0.25, 0.3) is 0 Å². The van der Waals surface area contributed by atoms with Crippen LogP contribution in [0, 0.1) is 11.3 Å². The van der Waals surface area contributed by atoms with Crippen molar-refractivity contribution in [3.05, 3.63) is 11.1 Å². The molecule has 1 aliphatic carbocycles. The Morgan fingerprint density at radius 1 is 1.50 bits per heavy atom. The normalized spacial score (nSPS) is 23.4. The van der Waals surface area contributed by atoms with E-state index in [0.717, 1.165) is 37.5 Å². The number of carbonyl (C=O) groups is 1. The minimum Gasteiger partial charge on any atom is -0.317 e. The highest BCUT2D eigenvalue weighted by Crippen LogP contribution is 2.58. The second kappa shape index (κ2) is 6.00. The predicted molar refractivity (Wildman–Crippen MR) is 84.7 cm³/mol. The number of nitrogens with one attached hydrogen (secondary N) is 2. The number of hydrogen-bond donors (Lipinski definition) is 2. The zero-order valence-electron chi connectivity index (χ0n) is 11.9. The SMILES string of the molecule is CC(C)c1cnc(NC(=O)C2CC23CCNCC3)s1.Cl. The molecule has 1 amide bonds. The van der Waals surface area contributed by atoms with E-state index in [2.05, 4.69) is 29.5 Å². The summed E-state index contributed by atoms with van der Waals surface area (Å²) in [6, 6.07) is 0. The van der Waals surface area contributed by atoms with Crippen molar-refractivity contribution in [2.75, 3.05) is 18.4 Å². The number of rotatable bonds is 3. The molecule has 1 spiro atoms. The highest BCUT2D eigenvalue weighted by Gasteiger charge is 2.57. The summed E-state index contributed by atoms with van der Waals surface area (Å²) in [5, 5.41) is 7.12. The van der Waals surface area contributed by atoms with E-state index in [1.165, 1.54) is 4.88 Å². The number of aromatic nitrogens is 1. The number of piperidine rings is 1. The number of anilines is 1. The van der Waals surface area contributed by atoms with Gasteiger partial charge in [0.05, 0.1) is 0 Å². The maximum Gasteiger partial charge on any atom is 0.229 e. The van der Waals surface area contributed by atoms with Crippen molar-refractivity contribution in [2.24, 2.45) is 11.3 Å². The van der Waals surface area contributed by atoms with Crippen LogP contribution in [0.25, 0.3) is 0 Å². The average Bonchev–Trinajstić information content (AvgIpc) is 2.86. The van der Waals surface area contributed by atoms with Gasteiger partial charge in [0, 0.05) is 17.0 Å². The van der Waals surface area contributed by atoms with E-state index in [9.17, 15) is 4.79 Å². The molecule has 0 aromatic carbocycles. The van der Waals surface area contributed by atoms with Gasteiger partial charge >= 0.3 is 0 Å². The van der Waals surface area contributed by atoms with Gasteiger partial charge in [-0.1, -0.05) is 13.8 Å². The zero-order chi connectivity index (χ0) is 13.5. The summed E-state index contributed by atoms with van der Waals surface area (Å²) < 4.78 is 0. The molecule has 0 bridgehead atoms. The molecule has 1 aliphatic heterocycles. The maximum atomic E-state index is 12.3. The molecular formula is C14H22ClN3OS. The summed E-state index contributed by atoms with van der Waals surface area (Å²) in [7, 11) is 0. The number of hydrogen-bond acceptors (Lipinski definition) is 4. The lowest BCUT2D eigenvalue weighted by molar-refractivity contribution is -0.118. The Hall–Kier alpha value is -0.650. The van der Waals surface area contributed by atoms with E-state index in [1.807, 2.05) is 6.20 Å². The summed E-state index contributed by atoms with van der Waals surface area (Å²) in [5.74, 6) is 0.854. The fourth-order valence-electron chi connectivity index (χ4n) is 3.00. The van der Waals surface area contributed by atoms with Crippen molar-refractivity contribution in [3.8, 4) is 0 Å². The molecule has 2 N–H and O–H groups in total. The number of thiazole rings is 1.